The zero-order chi connectivity index (χ0) is 21.2. The highest BCUT2D eigenvalue weighted by atomic mass is 16.5. The number of nitrogens with one attached hydrogen (secondary N) is 1. The van der Waals surface area contributed by atoms with Gasteiger partial charge in [-0.25, -0.2) is 4.79 Å². The maximum absolute atomic E-state index is 12.8. The first-order valence-corrected chi connectivity index (χ1v) is 9.46. The van der Waals surface area contributed by atoms with Gasteiger partial charge in [-0.3, -0.25) is 4.79 Å². The normalized spacial score (nSPS) is 11.0. The number of hydrogen-bond acceptors (Lipinski definition) is 7. The highest BCUT2D eigenvalue weighted by molar-refractivity contribution is 6.05. The number of hydrogen-bond donors (Lipinski definition) is 1. The topological polar surface area (TPSA) is 111 Å². The summed E-state index contributed by atoms with van der Waals surface area (Å²) in [7, 11) is 0. The summed E-state index contributed by atoms with van der Waals surface area (Å²) in [6.45, 7) is 0. The van der Waals surface area contributed by atoms with E-state index in [1.165, 1.54) is 12.3 Å². The van der Waals surface area contributed by atoms with Crippen LogP contribution < -0.4 is 10.9 Å². The molecule has 5 aromatic rings. The van der Waals surface area contributed by atoms with Gasteiger partial charge in [0.05, 0.1) is 12.7 Å². The first-order valence-electron chi connectivity index (χ1n) is 9.46. The Balaban J connectivity index is 1.40. The molecule has 8 nitrogen and oxygen atoms in total. The average Bonchev–Trinajstić information content (AvgIpc) is 3.46. The zero-order valence-corrected chi connectivity index (χ0v) is 16.1. The van der Waals surface area contributed by atoms with Crippen LogP contribution >= 0.6 is 0 Å². The minimum atomic E-state index is -0.700. The molecule has 0 aliphatic carbocycles. The Bertz CT molecular complexity index is 1430. The van der Waals surface area contributed by atoms with Crippen LogP contribution in [0.4, 0.5) is 5.69 Å². The molecule has 3 heterocycles. The average molecular weight is 413 g/mol. The number of furan rings is 1. The van der Waals surface area contributed by atoms with Gasteiger partial charge in [-0.1, -0.05) is 41.6 Å². The lowest BCUT2D eigenvalue weighted by molar-refractivity contribution is 0.102. The van der Waals surface area contributed by atoms with E-state index in [9.17, 15) is 9.59 Å². The summed E-state index contributed by atoms with van der Waals surface area (Å²) in [5, 5.41) is 7.36. The zero-order valence-electron chi connectivity index (χ0n) is 16.1. The second-order valence-electron chi connectivity index (χ2n) is 6.76. The molecular formula is C23H15N3O5. The van der Waals surface area contributed by atoms with Crippen LogP contribution in [0.2, 0.25) is 0 Å². The number of nitrogens with zero attached hydrogens (tertiary/aromatic N) is 2. The van der Waals surface area contributed by atoms with Crippen molar-refractivity contribution in [3.63, 3.8) is 0 Å². The second-order valence-corrected chi connectivity index (χ2v) is 6.76. The Morgan fingerprint density at radius 3 is 2.71 bits per heavy atom. The second kappa shape index (κ2) is 7.75. The van der Waals surface area contributed by atoms with Gasteiger partial charge in [0.2, 0.25) is 11.7 Å². The van der Waals surface area contributed by atoms with Crippen LogP contribution in [-0.4, -0.2) is 16.0 Å². The van der Waals surface area contributed by atoms with Gasteiger partial charge in [0, 0.05) is 11.1 Å². The minimum Gasteiger partial charge on any atom is -0.461 e. The Kier molecular flexibility index (Phi) is 4.64. The smallest absolute Gasteiger partial charge is 0.349 e. The molecule has 1 amide bonds. The Labute approximate surface area is 175 Å². The monoisotopic (exact) mass is 413 g/mol. The molecule has 0 spiro atoms. The summed E-state index contributed by atoms with van der Waals surface area (Å²) >= 11 is 0. The lowest BCUT2D eigenvalue weighted by Crippen LogP contribution is -2.21. The van der Waals surface area contributed by atoms with E-state index in [1.807, 2.05) is 12.1 Å². The van der Waals surface area contributed by atoms with E-state index in [-0.39, 0.29) is 12.0 Å². The molecule has 31 heavy (non-hydrogen) atoms. The molecule has 0 saturated heterocycles. The number of aromatic nitrogens is 2. The van der Waals surface area contributed by atoms with Crippen molar-refractivity contribution in [2.75, 3.05) is 5.32 Å². The van der Waals surface area contributed by atoms with E-state index in [0.29, 0.717) is 34.1 Å². The van der Waals surface area contributed by atoms with Crippen molar-refractivity contribution in [1.29, 1.82) is 0 Å². The van der Waals surface area contributed by atoms with Crippen molar-refractivity contribution in [2.45, 2.75) is 6.42 Å². The SMILES string of the molecule is O=C(Nc1ccccc1Cc1nc(-c2ccco2)no1)c1cc2ccccc2oc1=O. The standard InChI is InChI=1S/C23H15N3O5/c27-22(16-12-15-7-2-4-9-18(15)30-23(16)28)24-17-8-3-1-6-14(17)13-20-25-21(26-31-20)19-10-5-11-29-19/h1-12H,13H2,(H,24,27). The summed E-state index contributed by atoms with van der Waals surface area (Å²) in [6, 6.07) is 19.2. The fourth-order valence-electron chi connectivity index (χ4n) is 3.20. The molecule has 8 heteroatoms. The number of fused-ring (bicyclic) bond motifs is 1. The van der Waals surface area contributed by atoms with Gasteiger partial charge in [-0.15, -0.1) is 0 Å². The number of para-hydroxylation sites is 2. The van der Waals surface area contributed by atoms with Crippen molar-refractivity contribution < 1.29 is 18.2 Å². The third kappa shape index (κ3) is 3.74. The van der Waals surface area contributed by atoms with E-state index in [1.54, 1.807) is 48.5 Å². The van der Waals surface area contributed by atoms with Crippen LogP contribution in [-0.2, 0) is 6.42 Å². The summed E-state index contributed by atoms with van der Waals surface area (Å²) < 4.78 is 15.8. The van der Waals surface area contributed by atoms with Gasteiger partial charge in [-0.2, -0.15) is 4.98 Å². The van der Waals surface area contributed by atoms with E-state index in [2.05, 4.69) is 15.5 Å². The van der Waals surface area contributed by atoms with Crippen LogP contribution in [0.1, 0.15) is 21.8 Å². The quantitative estimate of drug-likeness (QED) is 0.428. The molecule has 0 bridgehead atoms. The molecule has 0 unspecified atom stereocenters. The largest absolute Gasteiger partial charge is 0.461 e. The van der Waals surface area contributed by atoms with Gasteiger partial charge in [0.25, 0.3) is 5.91 Å². The first-order chi connectivity index (χ1) is 15.2. The minimum absolute atomic E-state index is 0.0774. The fourth-order valence-corrected chi connectivity index (χ4v) is 3.20. The van der Waals surface area contributed by atoms with E-state index >= 15 is 0 Å². The fraction of sp³-hybridized carbons (Fsp3) is 0.0435. The lowest BCUT2D eigenvalue weighted by atomic mass is 10.1. The molecule has 0 saturated carbocycles. The molecule has 1 N–H and O–H groups in total. The highest BCUT2D eigenvalue weighted by Crippen LogP contribution is 2.22. The van der Waals surface area contributed by atoms with Crippen molar-refractivity contribution in [1.82, 2.24) is 10.1 Å². The van der Waals surface area contributed by atoms with Gasteiger partial charge < -0.3 is 18.7 Å². The molecule has 152 valence electrons. The van der Waals surface area contributed by atoms with E-state index < -0.39 is 11.5 Å². The van der Waals surface area contributed by atoms with Crippen molar-refractivity contribution in [3.05, 3.63) is 100 Å². The number of anilines is 1. The van der Waals surface area contributed by atoms with Gasteiger partial charge in [0.15, 0.2) is 5.76 Å². The van der Waals surface area contributed by atoms with Gasteiger partial charge in [-0.05, 0) is 35.9 Å². The molecular weight excluding hydrogens is 398 g/mol. The van der Waals surface area contributed by atoms with Gasteiger partial charge in [0.1, 0.15) is 11.1 Å². The molecule has 0 radical (unpaired) electrons. The van der Waals surface area contributed by atoms with Crippen molar-refractivity contribution >= 4 is 22.6 Å². The van der Waals surface area contributed by atoms with Crippen molar-refractivity contribution in [2.24, 2.45) is 0 Å². The Hall–Kier alpha value is -4.46. The maximum atomic E-state index is 12.8. The molecule has 0 aliphatic rings. The molecule has 2 aromatic carbocycles. The summed E-state index contributed by atoms with van der Waals surface area (Å²) in [5.41, 5.74) is 0.918. The van der Waals surface area contributed by atoms with E-state index in [0.717, 1.165) is 5.56 Å². The molecule has 5 rings (SSSR count). The van der Waals surface area contributed by atoms with Crippen LogP contribution in [0.25, 0.3) is 22.6 Å². The number of carbonyl (C=O) groups excluding carboxylic acids is 1. The van der Waals surface area contributed by atoms with Gasteiger partial charge >= 0.3 is 5.63 Å². The Morgan fingerprint density at radius 2 is 1.84 bits per heavy atom. The maximum Gasteiger partial charge on any atom is 0.349 e. The summed E-state index contributed by atoms with van der Waals surface area (Å²) in [5.74, 6) is 0.641. The molecule has 3 aromatic heterocycles. The third-order valence-corrected chi connectivity index (χ3v) is 4.70. The Morgan fingerprint density at radius 1 is 1.00 bits per heavy atom. The first kappa shape index (κ1) is 18.6. The lowest BCUT2D eigenvalue weighted by Gasteiger charge is -2.09. The predicted molar refractivity (Wildman–Crippen MR) is 112 cm³/mol. The summed E-state index contributed by atoms with van der Waals surface area (Å²) in [6.07, 6.45) is 1.82. The van der Waals surface area contributed by atoms with Crippen molar-refractivity contribution in [3.8, 4) is 11.6 Å². The molecule has 0 fully saturated rings. The number of carbonyl (C=O) groups is 1. The van der Waals surface area contributed by atoms with E-state index in [4.69, 9.17) is 13.4 Å². The predicted octanol–water partition coefficient (Wildman–Crippen LogP) is 4.28. The number of benzene rings is 2. The van der Waals surface area contributed by atoms with Crippen LogP contribution in [0.5, 0.6) is 0 Å². The number of rotatable bonds is 5. The molecule has 0 aliphatic heterocycles. The van der Waals surface area contributed by atoms with Crippen LogP contribution in [0.3, 0.4) is 0 Å². The highest BCUT2D eigenvalue weighted by Gasteiger charge is 2.17. The van der Waals surface area contributed by atoms with Crippen LogP contribution in [0, 0.1) is 0 Å². The molecule has 0 atom stereocenters. The third-order valence-electron chi connectivity index (χ3n) is 4.70. The van der Waals surface area contributed by atoms with Crippen LogP contribution in [0.15, 0.2) is 91.1 Å². The summed E-state index contributed by atoms with van der Waals surface area (Å²) in [4.78, 5) is 29.4. The number of amides is 1.